The minimum atomic E-state index is -1.01. The van der Waals surface area contributed by atoms with E-state index < -0.39 is 18.1 Å². The third kappa shape index (κ3) is 5.10. The third-order valence-corrected chi connectivity index (χ3v) is 4.14. The lowest BCUT2D eigenvalue weighted by atomic mass is 10.1. The van der Waals surface area contributed by atoms with Crippen molar-refractivity contribution >= 4 is 17.9 Å². The third-order valence-electron chi connectivity index (χ3n) is 4.14. The van der Waals surface area contributed by atoms with Gasteiger partial charge in [-0.05, 0) is 29.8 Å². The van der Waals surface area contributed by atoms with Crippen molar-refractivity contribution in [1.82, 2.24) is 19.9 Å². The van der Waals surface area contributed by atoms with Crippen LogP contribution in [0.5, 0.6) is 5.75 Å². The first kappa shape index (κ1) is 19.9. The number of H-pyrrole nitrogens is 1. The van der Waals surface area contributed by atoms with E-state index in [1.165, 1.54) is 11.2 Å². The van der Waals surface area contributed by atoms with Crippen molar-refractivity contribution in [3.05, 3.63) is 60.7 Å². The minimum Gasteiger partial charge on any atom is -0.480 e. The molecule has 9 nitrogen and oxygen atoms in total. The van der Waals surface area contributed by atoms with E-state index >= 15 is 0 Å². The number of carboxylic acids is 1. The van der Waals surface area contributed by atoms with E-state index in [4.69, 9.17) is 4.74 Å². The van der Waals surface area contributed by atoms with Gasteiger partial charge in [0.2, 0.25) is 0 Å². The summed E-state index contributed by atoms with van der Waals surface area (Å²) < 4.78 is 5.17. The maximum Gasteiger partial charge on any atom is 0.414 e. The number of carbonyl (C=O) groups excluding carboxylic acids is 1. The van der Waals surface area contributed by atoms with Crippen LogP contribution in [0, 0.1) is 0 Å². The van der Waals surface area contributed by atoms with Gasteiger partial charge >= 0.3 is 12.1 Å². The van der Waals surface area contributed by atoms with E-state index in [0.29, 0.717) is 17.1 Å². The Labute approximate surface area is 167 Å². The zero-order valence-electron chi connectivity index (χ0n) is 16.0. The fourth-order valence-electron chi connectivity index (χ4n) is 2.63. The molecule has 0 aliphatic heterocycles. The highest BCUT2D eigenvalue weighted by Crippen LogP contribution is 2.24. The molecule has 0 fully saturated rings. The highest BCUT2D eigenvalue weighted by molar-refractivity contribution is 5.80. The number of aromatic amines is 1. The minimum absolute atomic E-state index is 0.214. The Bertz CT molecular complexity index is 971. The number of ether oxygens (including phenoxy) is 1. The summed E-state index contributed by atoms with van der Waals surface area (Å²) in [5, 5.41) is 12.6. The van der Waals surface area contributed by atoms with Crippen molar-refractivity contribution in [3.8, 4) is 17.0 Å². The van der Waals surface area contributed by atoms with Crippen molar-refractivity contribution in [2.75, 3.05) is 19.4 Å². The highest BCUT2D eigenvalue weighted by Gasteiger charge is 2.21. The van der Waals surface area contributed by atoms with Gasteiger partial charge in [-0.3, -0.25) is 0 Å². The number of amides is 1. The van der Waals surface area contributed by atoms with Gasteiger partial charge in [-0.2, -0.15) is 0 Å². The van der Waals surface area contributed by atoms with Gasteiger partial charge in [0.25, 0.3) is 0 Å². The van der Waals surface area contributed by atoms with Gasteiger partial charge in [-0.25, -0.2) is 19.6 Å². The van der Waals surface area contributed by atoms with Crippen molar-refractivity contribution < 1.29 is 19.4 Å². The molecule has 1 amide bonds. The number of benzene rings is 1. The summed E-state index contributed by atoms with van der Waals surface area (Å²) in [7, 11) is 3.18. The summed E-state index contributed by atoms with van der Waals surface area (Å²) >= 11 is 0. The molecular formula is C20H21N5O4. The summed E-state index contributed by atoms with van der Waals surface area (Å²) in [4.78, 5) is 36.0. The Morgan fingerprint density at radius 3 is 2.62 bits per heavy atom. The lowest BCUT2D eigenvalue weighted by Gasteiger charge is -2.17. The second kappa shape index (κ2) is 8.87. The van der Waals surface area contributed by atoms with E-state index in [1.807, 2.05) is 12.1 Å². The molecule has 0 aliphatic carbocycles. The molecule has 2 aromatic heterocycles. The van der Waals surface area contributed by atoms with Crippen molar-refractivity contribution in [2.24, 2.45) is 0 Å². The van der Waals surface area contributed by atoms with Gasteiger partial charge in [0, 0.05) is 32.9 Å². The monoisotopic (exact) mass is 395 g/mol. The van der Waals surface area contributed by atoms with Crippen LogP contribution in [0.3, 0.4) is 0 Å². The molecule has 1 atom stereocenters. The van der Waals surface area contributed by atoms with Crippen LogP contribution in [0.25, 0.3) is 11.3 Å². The lowest BCUT2D eigenvalue weighted by Crippen LogP contribution is -2.32. The summed E-state index contributed by atoms with van der Waals surface area (Å²) in [6.07, 6.45) is 4.48. The predicted molar refractivity (Wildman–Crippen MR) is 107 cm³/mol. The SMILES string of the molecule is CN(C)C(=O)Oc1ccc(C[C@H](Nc2ncncc2-c2ccc[nH]2)C(=O)O)cc1. The van der Waals surface area contributed by atoms with Gasteiger partial charge in [0.15, 0.2) is 0 Å². The van der Waals surface area contributed by atoms with Crippen molar-refractivity contribution in [2.45, 2.75) is 12.5 Å². The van der Waals surface area contributed by atoms with Gasteiger partial charge in [-0.1, -0.05) is 12.1 Å². The highest BCUT2D eigenvalue weighted by atomic mass is 16.6. The standard InChI is InChI=1S/C20H21N5O4/c1-25(2)20(28)29-14-7-5-13(6-8-14)10-17(19(26)27)24-18-15(11-21-12-23-18)16-4-3-9-22-16/h3-9,11-12,17,22H,10H2,1-2H3,(H,26,27)(H,21,23,24)/t17-/m0/s1. The molecule has 0 aliphatic rings. The van der Waals surface area contributed by atoms with Crippen LogP contribution in [-0.2, 0) is 11.2 Å². The summed E-state index contributed by atoms with van der Waals surface area (Å²) in [6, 6.07) is 9.49. The molecule has 29 heavy (non-hydrogen) atoms. The maximum atomic E-state index is 11.8. The zero-order valence-corrected chi connectivity index (χ0v) is 16.0. The summed E-state index contributed by atoms with van der Waals surface area (Å²) in [5.41, 5.74) is 2.23. The largest absolute Gasteiger partial charge is 0.480 e. The molecule has 9 heteroatoms. The first-order valence-corrected chi connectivity index (χ1v) is 8.85. The Kier molecular flexibility index (Phi) is 6.08. The van der Waals surface area contributed by atoms with E-state index in [2.05, 4.69) is 20.3 Å². The molecule has 2 heterocycles. The Morgan fingerprint density at radius 1 is 1.24 bits per heavy atom. The summed E-state index contributed by atoms with van der Waals surface area (Å²) in [6.45, 7) is 0. The molecule has 3 rings (SSSR count). The topological polar surface area (TPSA) is 120 Å². The van der Waals surface area contributed by atoms with Gasteiger partial charge in [0.05, 0.1) is 11.3 Å². The first-order valence-electron chi connectivity index (χ1n) is 8.85. The molecule has 3 aromatic rings. The lowest BCUT2D eigenvalue weighted by molar-refractivity contribution is -0.137. The predicted octanol–water partition coefficient (Wildman–Crippen LogP) is 2.64. The number of nitrogens with zero attached hydrogens (tertiary/aromatic N) is 3. The summed E-state index contributed by atoms with van der Waals surface area (Å²) in [5.74, 6) is -0.201. The zero-order chi connectivity index (χ0) is 20.8. The van der Waals surface area contributed by atoms with Crippen LogP contribution in [0.15, 0.2) is 55.1 Å². The number of anilines is 1. The first-order chi connectivity index (χ1) is 13.9. The molecule has 0 spiro atoms. The number of aromatic nitrogens is 3. The number of rotatable bonds is 7. The van der Waals surface area contributed by atoms with Crippen LogP contribution in [0.4, 0.5) is 10.6 Å². The second-order valence-electron chi connectivity index (χ2n) is 6.51. The molecule has 0 bridgehead atoms. The second-order valence-corrected chi connectivity index (χ2v) is 6.51. The molecule has 3 N–H and O–H groups in total. The molecule has 150 valence electrons. The molecule has 0 saturated carbocycles. The van der Waals surface area contributed by atoms with Gasteiger partial charge in [0.1, 0.15) is 23.9 Å². The molecule has 0 saturated heterocycles. The fraction of sp³-hybridized carbons (Fsp3) is 0.200. The number of aliphatic carboxylic acids is 1. The van der Waals surface area contributed by atoms with Crippen molar-refractivity contribution in [3.63, 3.8) is 0 Å². The smallest absolute Gasteiger partial charge is 0.414 e. The number of carboxylic acid groups (broad SMARTS) is 1. The number of nitrogens with one attached hydrogen (secondary N) is 2. The van der Waals surface area contributed by atoms with Crippen molar-refractivity contribution in [1.29, 1.82) is 0 Å². The van der Waals surface area contributed by atoms with E-state index in [1.54, 1.807) is 50.8 Å². The Morgan fingerprint density at radius 2 is 2.00 bits per heavy atom. The van der Waals surface area contributed by atoms with E-state index in [0.717, 1.165) is 11.3 Å². The molecule has 0 radical (unpaired) electrons. The van der Waals surface area contributed by atoms with Crippen LogP contribution in [0.2, 0.25) is 0 Å². The average molecular weight is 395 g/mol. The van der Waals surface area contributed by atoms with Crippen LogP contribution >= 0.6 is 0 Å². The normalized spacial score (nSPS) is 11.5. The Balaban J connectivity index is 1.74. The van der Waals surface area contributed by atoms with Crippen LogP contribution < -0.4 is 10.1 Å². The van der Waals surface area contributed by atoms with E-state index in [9.17, 15) is 14.7 Å². The fourth-order valence-corrected chi connectivity index (χ4v) is 2.63. The molecular weight excluding hydrogens is 374 g/mol. The molecule has 0 unspecified atom stereocenters. The average Bonchev–Trinajstić information content (AvgIpc) is 3.23. The number of hydrogen-bond acceptors (Lipinski definition) is 6. The van der Waals surface area contributed by atoms with Gasteiger partial charge < -0.3 is 25.0 Å². The quantitative estimate of drug-likeness (QED) is 0.562. The van der Waals surface area contributed by atoms with Crippen LogP contribution in [-0.4, -0.2) is 57.2 Å². The Hall–Kier alpha value is -3.88. The molecule has 1 aromatic carbocycles. The number of hydrogen-bond donors (Lipinski definition) is 3. The van der Waals surface area contributed by atoms with Crippen LogP contribution in [0.1, 0.15) is 5.56 Å². The van der Waals surface area contributed by atoms with Gasteiger partial charge in [-0.15, -0.1) is 0 Å². The van der Waals surface area contributed by atoms with E-state index in [-0.39, 0.29) is 6.42 Å². The number of carbonyl (C=O) groups is 2. The maximum absolute atomic E-state index is 11.8.